The van der Waals surface area contributed by atoms with Gasteiger partial charge in [-0.3, -0.25) is 0 Å². The molecule has 0 bridgehead atoms. The van der Waals surface area contributed by atoms with Gasteiger partial charge in [-0.25, -0.2) is 4.79 Å². The topological polar surface area (TPSA) is 102 Å². The van der Waals surface area contributed by atoms with Gasteiger partial charge < -0.3 is 38.3 Å². The predicted molar refractivity (Wildman–Crippen MR) is 92.9 cm³/mol. The van der Waals surface area contributed by atoms with Crippen LogP contribution in [0.3, 0.4) is 0 Å². The first-order valence-electron chi connectivity index (χ1n) is 8.58. The van der Waals surface area contributed by atoms with E-state index in [4.69, 9.17) is 33.5 Å². The van der Waals surface area contributed by atoms with E-state index in [1.165, 1.54) is 13.4 Å². The molecule has 0 aromatic heterocycles. The first kappa shape index (κ1) is 24.8. The van der Waals surface area contributed by atoms with E-state index in [0.29, 0.717) is 78.2 Å². The largest absolute Gasteiger partial charge is 0.498 e. The normalized spacial score (nSPS) is 11.6. The second-order valence-corrected chi connectivity index (χ2v) is 4.95. The lowest BCUT2D eigenvalue weighted by atomic mass is 10.3. The lowest BCUT2D eigenvalue weighted by Gasteiger charge is -2.08. The monoisotopic (exact) mass is 380 g/mol. The van der Waals surface area contributed by atoms with Crippen LogP contribution in [-0.2, 0) is 38.0 Å². The molecule has 0 aliphatic rings. The zero-order chi connectivity index (χ0) is 19.3. The molecule has 0 aromatic rings. The van der Waals surface area contributed by atoms with Gasteiger partial charge in [0.2, 0.25) is 0 Å². The highest BCUT2D eigenvalue weighted by molar-refractivity contribution is 5.87. The highest BCUT2D eigenvalue weighted by Crippen LogP contribution is 1.95. The van der Waals surface area contributed by atoms with Gasteiger partial charge in [-0.2, -0.15) is 0 Å². The summed E-state index contributed by atoms with van der Waals surface area (Å²) in [5.41, 5.74) is 0.399. The summed E-state index contributed by atoms with van der Waals surface area (Å²) in [5.74, 6) is -0.417. The fourth-order valence-electron chi connectivity index (χ4n) is 1.55. The minimum Gasteiger partial charge on any atom is -0.498 e. The Labute approximate surface area is 155 Å². The first-order chi connectivity index (χ1) is 12.7. The van der Waals surface area contributed by atoms with Crippen molar-refractivity contribution >= 4 is 5.97 Å². The third-order valence-electron chi connectivity index (χ3n) is 2.84. The zero-order valence-electron chi connectivity index (χ0n) is 15.8. The lowest BCUT2D eigenvalue weighted by Crippen LogP contribution is -2.14. The minimum atomic E-state index is -0.417. The molecular weight excluding hydrogens is 348 g/mol. The van der Waals surface area contributed by atoms with Gasteiger partial charge in [0.25, 0.3) is 0 Å². The lowest BCUT2D eigenvalue weighted by molar-refractivity contribution is -0.136. The van der Waals surface area contributed by atoms with E-state index in [-0.39, 0.29) is 6.61 Å². The molecule has 9 nitrogen and oxygen atoms in total. The van der Waals surface area contributed by atoms with Crippen molar-refractivity contribution in [3.63, 3.8) is 0 Å². The third-order valence-corrected chi connectivity index (χ3v) is 2.84. The number of carbonyl (C=O) groups excluding carboxylic acids is 1. The standard InChI is InChI=1S/C17H32O9/c1-16(17(19)20-2)15-26-14-13-25-12-11-24-10-9-23-8-7-22-6-5-21-4-3-18/h15,18H,3-14H2,1-2H3. The van der Waals surface area contributed by atoms with Crippen LogP contribution >= 0.6 is 0 Å². The zero-order valence-corrected chi connectivity index (χ0v) is 15.8. The fourth-order valence-corrected chi connectivity index (χ4v) is 1.55. The maximum absolute atomic E-state index is 11.1. The molecule has 0 aliphatic heterocycles. The highest BCUT2D eigenvalue weighted by Gasteiger charge is 2.02. The van der Waals surface area contributed by atoms with Gasteiger partial charge in [0.15, 0.2) is 0 Å². The summed E-state index contributed by atoms with van der Waals surface area (Å²) in [6.07, 6.45) is 1.36. The molecule has 0 saturated carbocycles. The van der Waals surface area contributed by atoms with Crippen LogP contribution in [0, 0.1) is 0 Å². The molecule has 0 spiro atoms. The summed E-state index contributed by atoms with van der Waals surface area (Å²) >= 11 is 0. The van der Waals surface area contributed by atoms with E-state index in [0.717, 1.165) is 0 Å². The van der Waals surface area contributed by atoms with E-state index in [1.807, 2.05) is 0 Å². The van der Waals surface area contributed by atoms with Crippen LogP contribution in [0.25, 0.3) is 0 Å². The number of aliphatic hydroxyl groups excluding tert-OH is 1. The molecule has 9 heteroatoms. The second kappa shape index (κ2) is 20.1. The number of hydrogen-bond acceptors (Lipinski definition) is 9. The molecular formula is C17H32O9. The molecule has 0 aliphatic carbocycles. The van der Waals surface area contributed by atoms with Gasteiger partial charge in [-0.05, 0) is 6.92 Å². The van der Waals surface area contributed by atoms with E-state index in [2.05, 4.69) is 4.74 Å². The second-order valence-electron chi connectivity index (χ2n) is 4.95. The van der Waals surface area contributed by atoms with Crippen molar-refractivity contribution in [1.82, 2.24) is 0 Å². The van der Waals surface area contributed by atoms with E-state index < -0.39 is 5.97 Å². The summed E-state index contributed by atoms with van der Waals surface area (Å²) < 4.78 is 36.0. The van der Waals surface area contributed by atoms with E-state index in [9.17, 15) is 4.79 Å². The number of esters is 1. The van der Waals surface area contributed by atoms with Gasteiger partial charge in [0.05, 0.1) is 91.6 Å². The smallest absolute Gasteiger partial charge is 0.336 e. The Morgan fingerprint density at radius 1 is 0.731 bits per heavy atom. The molecule has 0 rings (SSSR count). The third kappa shape index (κ3) is 17.6. The van der Waals surface area contributed by atoms with E-state index in [1.54, 1.807) is 6.92 Å². The summed E-state index contributed by atoms with van der Waals surface area (Å²) in [5, 5.41) is 8.51. The number of ether oxygens (including phenoxy) is 7. The number of hydrogen-bond donors (Lipinski definition) is 1. The summed E-state index contributed by atoms with van der Waals surface area (Å²) in [6.45, 7) is 6.58. The summed E-state index contributed by atoms with van der Waals surface area (Å²) in [7, 11) is 1.32. The van der Waals surface area contributed by atoms with Crippen LogP contribution < -0.4 is 0 Å². The Kier molecular flexibility index (Phi) is 19.1. The molecule has 154 valence electrons. The van der Waals surface area contributed by atoms with Gasteiger partial charge in [-0.1, -0.05) is 0 Å². The Balaban J connectivity index is 3.15. The maximum atomic E-state index is 11.1. The number of aliphatic hydroxyl groups is 1. The van der Waals surface area contributed by atoms with Crippen molar-refractivity contribution in [3.05, 3.63) is 11.8 Å². The molecule has 0 saturated heterocycles. The number of methoxy groups -OCH3 is 1. The van der Waals surface area contributed by atoms with Crippen LogP contribution in [-0.4, -0.2) is 97.5 Å². The fraction of sp³-hybridized carbons (Fsp3) is 0.824. The Morgan fingerprint density at radius 2 is 1.12 bits per heavy atom. The molecule has 0 atom stereocenters. The molecule has 0 aromatic carbocycles. The van der Waals surface area contributed by atoms with Crippen molar-refractivity contribution in [1.29, 1.82) is 0 Å². The minimum absolute atomic E-state index is 0.0238. The average Bonchev–Trinajstić information content (AvgIpc) is 2.66. The van der Waals surface area contributed by atoms with E-state index >= 15 is 0 Å². The van der Waals surface area contributed by atoms with Crippen LogP contribution in [0.15, 0.2) is 11.8 Å². The predicted octanol–water partition coefficient (Wildman–Crippen LogP) is 0.155. The van der Waals surface area contributed by atoms with Gasteiger partial charge in [0, 0.05) is 0 Å². The average molecular weight is 380 g/mol. The molecule has 26 heavy (non-hydrogen) atoms. The molecule has 0 fully saturated rings. The number of carbonyl (C=O) groups is 1. The van der Waals surface area contributed by atoms with Gasteiger partial charge in [-0.15, -0.1) is 0 Å². The number of rotatable bonds is 19. The van der Waals surface area contributed by atoms with Gasteiger partial charge >= 0.3 is 5.97 Å². The van der Waals surface area contributed by atoms with Crippen molar-refractivity contribution < 1.29 is 43.1 Å². The van der Waals surface area contributed by atoms with Crippen molar-refractivity contribution in [3.8, 4) is 0 Å². The highest BCUT2D eigenvalue weighted by atomic mass is 16.6. The van der Waals surface area contributed by atoms with Gasteiger partial charge in [0.1, 0.15) is 6.61 Å². The summed E-state index contributed by atoms with van der Waals surface area (Å²) in [4.78, 5) is 11.1. The van der Waals surface area contributed by atoms with Crippen molar-refractivity contribution in [2.24, 2.45) is 0 Å². The summed E-state index contributed by atoms with van der Waals surface area (Å²) in [6, 6.07) is 0. The van der Waals surface area contributed by atoms with Crippen LogP contribution in [0.5, 0.6) is 0 Å². The molecule has 0 radical (unpaired) electrons. The van der Waals surface area contributed by atoms with Crippen LogP contribution in [0.4, 0.5) is 0 Å². The van der Waals surface area contributed by atoms with Crippen LogP contribution in [0.1, 0.15) is 6.92 Å². The maximum Gasteiger partial charge on any atom is 0.336 e. The first-order valence-corrected chi connectivity index (χ1v) is 8.58. The molecule has 1 N–H and O–H groups in total. The molecule has 0 amide bonds. The molecule has 0 unspecified atom stereocenters. The Morgan fingerprint density at radius 3 is 1.50 bits per heavy atom. The van der Waals surface area contributed by atoms with Crippen molar-refractivity contribution in [2.45, 2.75) is 6.92 Å². The SMILES string of the molecule is COC(=O)C(C)=COCCOCCOCCOCCOCCOCCO. The van der Waals surface area contributed by atoms with Crippen molar-refractivity contribution in [2.75, 3.05) is 86.4 Å². The van der Waals surface area contributed by atoms with Crippen LogP contribution in [0.2, 0.25) is 0 Å². The molecule has 0 heterocycles. The Bertz CT molecular complexity index is 347. The quantitative estimate of drug-likeness (QED) is 0.145. The Hall–Kier alpha value is -1.23.